The first-order chi connectivity index (χ1) is 14.5. The summed E-state index contributed by atoms with van der Waals surface area (Å²) in [6, 6.07) is 5.55. The number of nitrogens with zero attached hydrogens (tertiary/aromatic N) is 2. The molecule has 30 heavy (non-hydrogen) atoms. The van der Waals surface area contributed by atoms with E-state index >= 15 is 0 Å². The Morgan fingerprint density at radius 3 is 2.50 bits per heavy atom. The Balaban J connectivity index is 1.33. The number of amides is 3. The molecule has 9 heteroatoms. The van der Waals surface area contributed by atoms with Gasteiger partial charge in [-0.3, -0.25) is 19.3 Å². The van der Waals surface area contributed by atoms with Crippen LogP contribution in [-0.2, 0) is 25.6 Å². The van der Waals surface area contributed by atoms with Crippen LogP contribution in [0.3, 0.4) is 0 Å². The van der Waals surface area contributed by atoms with Gasteiger partial charge in [-0.05, 0) is 36.5 Å². The standard InChI is InChI=1S/C21H23N3O6/c1-28-12-4-3-9(7-13(12)29-2)5-6-24-20(26)14-10-8-11(15(14)21(24)27)18-16(10)17(19(22)25)23-30-18/h3-4,7,10-11,14-16,18H,5-6,8H2,1-2H3,(H2,22,25)/t10-,11-,14+,15-,16-,18+/m0/s1. The highest BCUT2D eigenvalue weighted by Gasteiger charge is 2.70. The number of carbonyl (C=O) groups excluding carboxylic acids is 3. The average Bonchev–Trinajstić information content (AvgIpc) is 3.47. The van der Waals surface area contributed by atoms with Crippen LogP contribution in [0.4, 0.5) is 0 Å². The van der Waals surface area contributed by atoms with E-state index in [1.165, 1.54) is 4.90 Å². The van der Waals surface area contributed by atoms with Crippen molar-refractivity contribution in [1.82, 2.24) is 4.90 Å². The lowest BCUT2D eigenvalue weighted by atomic mass is 9.72. The van der Waals surface area contributed by atoms with Crippen molar-refractivity contribution in [3.05, 3.63) is 23.8 Å². The molecule has 1 aromatic rings. The molecule has 3 amide bonds. The third kappa shape index (κ3) is 2.47. The molecule has 158 valence electrons. The van der Waals surface area contributed by atoms with Gasteiger partial charge in [-0.15, -0.1) is 0 Å². The molecule has 0 unspecified atom stereocenters. The van der Waals surface area contributed by atoms with Gasteiger partial charge in [-0.1, -0.05) is 11.2 Å². The fourth-order valence-electron chi connectivity index (χ4n) is 5.89. The molecular weight excluding hydrogens is 390 g/mol. The number of ether oxygens (including phenoxy) is 2. The molecule has 6 atom stereocenters. The second-order valence-electron chi connectivity index (χ2n) is 8.32. The molecule has 3 fully saturated rings. The van der Waals surface area contributed by atoms with E-state index in [-0.39, 0.29) is 41.4 Å². The van der Waals surface area contributed by atoms with E-state index in [1.54, 1.807) is 20.3 Å². The number of methoxy groups -OCH3 is 2. The van der Waals surface area contributed by atoms with Crippen molar-refractivity contribution in [2.24, 2.45) is 40.5 Å². The number of likely N-dealkylation sites (tertiary alicyclic amines) is 1. The second kappa shape index (κ2) is 6.72. The maximum absolute atomic E-state index is 13.2. The maximum Gasteiger partial charge on any atom is 0.266 e. The van der Waals surface area contributed by atoms with Crippen molar-refractivity contribution in [2.45, 2.75) is 18.9 Å². The van der Waals surface area contributed by atoms with E-state index in [0.29, 0.717) is 30.9 Å². The Bertz CT molecular complexity index is 975. The third-order valence-electron chi connectivity index (χ3n) is 7.11. The SMILES string of the molecule is COc1ccc(CCN2C(=O)[C@@H]3[C@@H]4C[C@H]([C@H]5ON=C(C(N)=O)[C@H]45)[C@@H]3C2=O)cc1OC. The Kier molecular flexibility index (Phi) is 4.23. The lowest BCUT2D eigenvalue weighted by Gasteiger charge is -2.29. The molecule has 9 nitrogen and oxygen atoms in total. The van der Waals surface area contributed by atoms with Crippen molar-refractivity contribution in [3.8, 4) is 11.5 Å². The van der Waals surface area contributed by atoms with E-state index in [1.807, 2.05) is 12.1 Å². The van der Waals surface area contributed by atoms with Crippen LogP contribution in [0.25, 0.3) is 0 Å². The van der Waals surface area contributed by atoms with E-state index in [9.17, 15) is 14.4 Å². The van der Waals surface area contributed by atoms with Crippen LogP contribution in [0, 0.1) is 29.6 Å². The molecule has 1 aromatic carbocycles. The van der Waals surface area contributed by atoms with Crippen LogP contribution in [-0.4, -0.2) is 55.2 Å². The van der Waals surface area contributed by atoms with Gasteiger partial charge in [0.1, 0.15) is 6.10 Å². The first kappa shape index (κ1) is 18.9. The van der Waals surface area contributed by atoms with Crippen LogP contribution in [0.1, 0.15) is 12.0 Å². The van der Waals surface area contributed by atoms with Gasteiger partial charge in [0, 0.05) is 12.5 Å². The fourth-order valence-corrected chi connectivity index (χ4v) is 5.89. The summed E-state index contributed by atoms with van der Waals surface area (Å²) in [5, 5.41) is 3.85. The van der Waals surface area contributed by atoms with Crippen LogP contribution in [0.15, 0.2) is 23.4 Å². The van der Waals surface area contributed by atoms with Crippen molar-refractivity contribution in [2.75, 3.05) is 20.8 Å². The monoisotopic (exact) mass is 413 g/mol. The fraction of sp³-hybridized carbons (Fsp3) is 0.524. The van der Waals surface area contributed by atoms with Crippen LogP contribution in [0.5, 0.6) is 11.5 Å². The number of hydrogen-bond donors (Lipinski definition) is 1. The molecule has 2 N–H and O–H groups in total. The number of hydrogen-bond acceptors (Lipinski definition) is 7. The Morgan fingerprint density at radius 2 is 1.83 bits per heavy atom. The quantitative estimate of drug-likeness (QED) is 0.672. The summed E-state index contributed by atoms with van der Waals surface area (Å²) in [7, 11) is 3.13. The van der Waals surface area contributed by atoms with Gasteiger partial charge in [-0.25, -0.2) is 0 Å². The van der Waals surface area contributed by atoms with Crippen LogP contribution < -0.4 is 15.2 Å². The molecule has 2 aliphatic carbocycles. The van der Waals surface area contributed by atoms with Crippen molar-refractivity contribution in [3.63, 3.8) is 0 Å². The summed E-state index contributed by atoms with van der Waals surface area (Å²) < 4.78 is 10.6. The first-order valence-corrected chi connectivity index (χ1v) is 10.1. The molecular formula is C21H23N3O6. The molecule has 2 heterocycles. The zero-order chi connectivity index (χ0) is 21.2. The molecule has 1 saturated heterocycles. The Morgan fingerprint density at radius 1 is 1.13 bits per heavy atom. The van der Waals surface area contributed by atoms with Gasteiger partial charge in [-0.2, -0.15) is 0 Å². The predicted octanol–water partition coefficient (Wildman–Crippen LogP) is 0.354. The van der Waals surface area contributed by atoms with Crippen LogP contribution >= 0.6 is 0 Å². The lowest BCUT2D eigenvalue weighted by molar-refractivity contribution is -0.141. The summed E-state index contributed by atoms with van der Waals surface area (Å²) in [6.45, 7) is 0.298. The van der Waals surface area contributed by atoms with Crippen molar-refractivity contribution < 1.29 is 28.7 Å². The van der Waals surface area contributed by atoms with Crippen molar-refractivity contribution in [1.29, 1.82) is 0 Å². The molecule has 0 radical (unpaired) electrons. The highest BCUT2D eigenvalue weighted by atomic mass is 16.6. The Hall–Kier alpha value is -3.10. The van der Waals surface area contributed by atoms with Gasteiger partial charge in [0.15, 0.2) is 17.2 Å². The first-order valence-electron chi connectivity index (χ1n) is 10.1. The molecule has 0 aromatic heterocycles. The lowest BCUT2D eigenvalue weighted by Crippen LogP contribution is -2.43. The smallest absolute Gasteiger partial charge is 0.266 e. The number of rotatable bonds is 6. The minimum absolute atomic E-state index is 0.104. The largest absolute Gasteiger partial charge is 0.493 e. The zero-order valence-corrected chi connectivity index (χ0v) is 16.7. The molecule has 2 bridgehead atoms. The molecule has 2 saturated carbocycles. The van der Waals surface area contributed by atoms with Crippen molar-refractivity contribution >= 4 is 23.4 Å². The third-order valence-corrected chi connectivity index (χ3v) is 7.11. The van der Waals surface area contributed by atoms with Gasteiger partial charge in [0.05, 0.1) is 32.0 Å². The number of carbonyl (C=O) groups is 3. The number of oxime groups is 1. The van der Waals surface area contributed by atoms with E-state index in [2.05, 4.69) is 5.16 Å². The Labute approximate surface area is 173 Å². The average molecular weight is 413 g/mol. The topological polar surface area (TPSA) is 121 Å². The summed E-state index contributed by atoms with van der Waals surface area (Å²) >= 11 is 0. The van der Waals surface area contributed by atoms with Gasteiger partial charge < -0.3 is 20.0 Å². The van der Waals surface area contributed by atoms with E-state index in [4.69, 9.17) is 20.0 Å². The zero-order valence-electron chi connectivity index (χ0n) is 16.7. The summed E-state index contributed by atoms with van der Waals surface area (Å²) in [5.74, 6) is -1.01. The summed E-state index contributed by atoms with van der Waals surface area (Å²) in [5.41, 5.74) is 6.58. The highest BCUT2D eigenvalue weighted by molar-refractivity contribution is 6.39. The number of primary amides is 1. The van der Waals surface area contributed by atoms with Gasteiger partial charge in [0.25, 0.3) is 5.91 Å². The number of nitrogens with two attached hydrogens (primary N) is 1. The molecule has 5 rings (SSSR count). The predicted molar refractivity (Wildman–Crippen MR) is 104 cm³/mol. The molecule has 0 spiro atoms. The van der Waals surface area contributed by atoms with Crippen LogP contribution in [0.2, 0.25) is 0 Å². The minimum Gasteiger partial charge on any atom is -0.493 e. The second-order valence-corrected chi connectivity index (χ2v) is 8.32. The number of fused-ring (bicyclic) bond motifs is 8. The minimum atomic E-state index is -0.617. The van der Waals surface area contributed by atoms with E-state index < -0.39 is 17.7 Å². The summed E-state index contributed by atoms with van der Waals surface area (Å²) in [4.78, 5) is 44.8. The van der Waals surface area contributed by atoms with Gasteiger partial charge in [0.2, 0.25) is 11.8 Å². The van der Waals surface area contributed by atoms with E-state index in [0.717, 1.165) is 5.56 Å². The molecule has 4 aliphatic rings. The maximum atomic E-state index is 13.2. The number of imide groups is 1. The number of benzene rings is 1. The van der Waals surface area contributed by atoms with Gasteiger partial charge >= 0.3 is 0 Å². The summed E-state index contributed by atoms with van der Waals surface area (Å²) in [6.07, 6.45) is 0.878. The highest BCUT2D eigenvalue weighted by Crippen LogP contribution is 2.61. The molecule has 2 aliphatic heterocycles. The normalized spacial score (nSPS) is 33.3.